The number of carbonyl (C=O) groups excluding carboxylic acids is 1. The Morgan fingerprint density at radius 3 is 3.05 bits per heavy atom. The van der Waals surface area contributed by atoms with Crippen molar-refractivity contribution in [3.8, 4) is 0 Å². The molecule has 1 N–H and O–H groups in total. The third kappa shape index (κ3) is 2.56. The van der Waals surface area contributed by atoms with Crippen molar-refractivity contribution in [2.45, 2.75) is 12.8 Å². The standard InChI is InChI=1S/C12H13BrN8O/c1-7(10-16-18-19-17-10)6-20(2)12(22)9-11-15-5-8(13)21(11)4-3-14-9/h3-5,7H,6H2,1-2H3,(H,16,17,18,19). The molecule has 0 fully saturated rings. The summed E-state index contributed by atoms with van der Waals surface area (Å²) in [7, 11) is 1.71. The molecule has 22 heavy (non-hydrogen) atoms. The lowest BCUT2D eigenvalue weighted by atomic mass is 10.1. The van der Waals surface area contributed by atoms with Crippen LogP contribution in [0.25, 0.3) is 5.65 Å². The summed E-state index contributed by atoms with van der Waals surface area (Å²) in [6.45, 7) is 2.37. The van der Waals surface area contributed by atoms with Gasteiger partial charge in [0.05, 0.1) is 6.20 Å². The molecule has 3 heterocycles. The Hall–Kier alpha value is -2.36. The maximum atomic E-state index is 12.6. The molecule has 0 saturated carbocycles. The number of nitrogens with zero attached hydrogens (tertiary/aromatic N) is 7. The number of halogens is 1. The summed E-state index contributed by atoms with van der Waals surface area (Å²) in [5.41, 5.74) is 0.814. The smallest absolute Gasteiger partial charge is 0.276 e. The Morgan fingerprint density at radius 2 is 2.32 bits per heavy atom. The Bertz CT molecular complexity index is 799. The highest BCUT2D eigenvalue weighted by molar-refractivity contribution is 9.10. The Balaban J connectivity index is 1.83. The van der Waals surface area contributed by atoms with Crippen LogP contribution in [0, 0.1) is 0 Å². The van der Waals surface area contributed by atoms with E-state index < -0.39 is 0 Å². The summed E-state index contributed by atoms with van der Waals surface area (Å²) in [6.07, 6.45) is 4.95. The highest BCUT2D eigenvalue weighted by Crippen LogP contribution is 2.17. The highest BCUT2D eigenvalue weighted by Gasteiger charge is 2.22. The molecule has 1 amide bonds. The molecule has 9 nitrogen and oxygen atoms in total. The zero-order valence-electron chi connectivity index (χ0n) is 11.9. The number of amides is 1. The first-order chi connectivity index (χ1) is 10.6. The van der Waals surface area contributed by atoms with E-state index in [9.17, 15) is 4.79 Å². The SMILES string of the molecule is CC(CN(C)C(=O)c1nccn2c(Br)cnc12)c1nn[nH]n1. The average Bonchev–Trinajstić information content (AvgIpc) is 3.16. The number of hydrogen-bond acceptors (Lipinski definition) is 6. The van der Waals surface area contributed by atoms with Crippen molar-refractivity contribution in [1.82, 2.24) is 39.9 Å². The number of tetrazole rings is 1. The molecule has 0 aliphatic carbocycles. The monoisotopic (exact) mass is 364 g/mol. The van der Waals surface area contributed by atoms with E-state index in [-0.39, 0.29) is 11.8 Å². The van der Waals surface area contributed by atoms with Gasteiger partial charge in [-0.2, -0.15) is 5.21 Å². The van der Waals surface area contributed by atoms with Crippen LogP contribution in [0.15, 0.2) is 23.2 Å². The molecule has 0 aromatic carbocycles. The maximum absolute atomic E-state index is 12.6. The van der Waals surface area contributed by atoms with Crippen LogP contribution in [0.5, 0.6) is 0 Å². The van der Waals surface area contributed by atoms with Crippen molar-refractivity contribution in [3.63, 3.8) is 0 Å². The minimum Gasteiger partial charge on any atom is -0.340 e. The lowest BCUT2D eigenvalue weighted by Crippen LogP contribution is -2.31. The predicted molar refractivity (Wildman–Crippen MR) is 80.2 cm³/mol. The molecule has 3 rings (SSSR count). The minimum absolute atomic E-state index is 0.0427. The zero-order chi connectivity index (χ0) is 15.7. The van der Waals surface area contributed by atoms with Gasteiger partial charge in [0.2, 0.25) is 0 Å². The Labute approximate surface area is 133 Å². The van der Waals surface area contributed by atoms with Crippen LogP contribution in [0.3, 0.4) is 0 Å². The van der Waals surface area contributed by atoms with Crippen molar-refractivity contribution in [2.24, 2.45) is 0 Å². The van der Waals surface area contributed by atoms with Crippen molar-refractivity contribution in [2.75, 3.05) is 13.6 Å². The van der Waals surface area contributed by atoms with Crippen LogP contribution in [0.4, 0.5) is 0 Å². The first kappa shape index (κ1) is 14.6. The van der Waals surface area contributed by atoms with Gasteiger partial charge in [-0.1, -0.05) is 12.1 Å². The molecule has 1 unspecified atom stereocenters. The largest absolute Gasteiger partial charge is 0.340 e. The molecule has 0 radical (unpaired) electrons. The number of hydrogen-bond donors (Lipinski definition) is 1. The van der Waals surface area contributed by atoms with E-state index in [1.165, 1.54) is 0 Å². The molecule has 3 aromatic rings. The molecule has 0 aliphatic rings. The number of H-pyrrole nitrogens is 1. The van der Waals surface area contributed by atoms with Crippen molar-refractivity contribution in [3.05, 3.63) is 34.7 Å². The van der Waals surface area contributed by atoms with Gasteiger partial charge in [0.15, 0.2) is 17.2 Å². The second-order valence-corrected chi connectivity index (χ2v) is 5.72. The fourth-order valence-electron chi connectivity index (χ4n) is 2.17. The summed E-state index contributed by atoms with van der Waals surface area (Å²) in [5.74, 6) is 0.312. The maximum Gasteiger partial charge on any atom is 0.276 e. The van der Waals surface area contributed by atoms with Gasteiger partial charge in [-0.25, -0.2) is 9.97 Å². The van der Waals surface area contributed by atoms with Gasteiger partial charge in [-0.05, 0) is 15.9 Å². The van der Waals surface area contributed by atoms with Crippen LogP contribution >= 0.6 is 15.9 Å². The number of aromatic amines is 1. The van der Waals surface area contributed by atoms with Gasteiger partial charge in [0.25, 0.3) is 5.91 Å². The number of aromatic nitrogens is 7. The van der Waals surface area contributed by atoms with Gasteiger partial charge < -0.3 is 4.90 Å². The third-order valence-corrected chi connectivity index (χ3v) is 3.87. The Kier molecular flexibility index (Phi) is 3.84. The molecule has 10 heteroatoms. The first-order valence-corrected chi connectivity index (χ1v) is 7.33. The van der Waals surface area contributed by atoms with E-state index in [1.54, 1.807) is 34.9 Å². The molecular formula is C12H13BrN8O. The fourth-order valence-corrected chi connectivity index (χ4v) is 2.56. The van der Waals surface area contributed by atoms with Crippen LogP contribution in [0.1, 0.15) is 29.2 Å². The van der Waals surface area contributed by atoms with Crippen molar-refractivity contribution >= 4 is 27.5 Å². The van der Waals surface area contributed by atoms with Gasteiger partial charge in [-0.3, -0.25) is 9.20 Å². The number of imidazole rings is 1. The predicted octanol–water partition coefficient (Wildman–Crippen LogP) is 0.881. The first-order valence-electron chi connectivity index (χ1n) is 6.54. The van der Waals surface area contributed by atoms with Gasteiger partial charge in [-0.15, -0.1) is 10.2 Å². The highest BCUT2D eigenvalue weighted by atomic mass is 79.9. The second-order valence-electron chi connectivity index (χ2n) is 4.91. The molecule has 114 valence electrons. The van der Waals surface area contributed by atoms with Crippen molar-refractivity contribution in [1.29, 1.82) is 0 Å². The molecule has 0 aliphatic heterocycles. The lowest BCUT2D eigenvalue weighted by molar-refractivity contribution is 0.0783. The van der Waals surface area contributed by atoms with E-state index in [1.807, 2.05) is 6.92 Å². The quantitative estimate of drug-likeness (QED) is 0.736. The van der Waals surface area contributed by atoms with E-state index in [2.05, 4.69) is 46.5 Å². The fraction of sp³-hybridized carbons (Fsp3) is 0.333. The minimum atomic E-state index is -0.209. The number of nitrogens with one attached hydrogen (secondary N) is 1. The molecule has 3 aromatic heterocycles. The van der Waals surface area contributed by atoms with E-state index in [0.717, 1.165) is 4.60 Å². The average molecular weight is 365 g/mol. The number of fused-ring (bicyclic) bond motifs is 1. The normalized spacial score (nSPS) is 12.5. The topological polar surface area (TPSA) is 105 Å². The third-order valence-electron chi connectivity index (χ3n) is 3.28. The molecule has 0 spiro atoms. The van der Waals surface area contributed by atoms with Crippen molar-refractivity contribution < 1.29 is 4.79 Å². The van der Waals surface area contributed by atoms with Crippen LogP contribution in [0.2, 0.25) is 0 Å². The molecular weight excluding hydrogens is 352 g/mol. The summed E-state index contributed by atoms with van der Waals surface area (Å²) in [6, 6.07) is 0. The lowest BCUT2D eigenvalue weighted by Gasteiger charge is -2.19. The summed E-state index contributed by atoms with van der Waals surface area (Å²) in [4.78, 5) is 22.6. The van der Waals surface area contributed by atoms with Gasteiger partial charge >= 0.3 is 0 Å². The molecule has 0 bridgehead atoms. The number of rotatable bonds is 4. The van der Waals surface area contributed by atoms with E-state index in [0.29, 0.717) is 23.7 Å². The number of likely N-dealkylation sites (N-methyl/N-ethyl adjacent to an activating group) is 1. The second kappa shape index (κ2) is 5.79. The van der Waals surface area contributed by atoms with Crippen LogP contribution in [-0.4, -0.2) is 59.4 Å². The van der Waals surface area contributed by atoms with Gasteiger partial charge in [0.1, 0.15) is 4.60 Å². The molecule has 1 atom stereocenters. The summed E-state index contributed by atoms with van der Waals surface area (Å²) in [5, 5.41) is 13.8. The van der Waals surface area contributed by atoms with Crippen LogP contribution < -0.4 is 0 Å². The van der Waals surface area contributed by atoms with Gasteiger partial charge in [0, 0.05) is 31.9 Å². The zero-order valence-corrected chi connectivity index (χ0v) is 13.5. The number of carbonyl (C=O) groups is 1. The summed E-state index contributed by atoms with van der Waals surface area (Å²) >= 11 is 3.37. The van der Waals surface area contributed by atoms with Crippen LogP contribution in [-0.2, 0) is 0 Å². The van der Waals surface area contributed by atoms with E-state index in [4.69, 9.17) is 0 Å². The summed E-state index contributed by atoms with van der Waals surface area (Å²) < 4.78 is 2.53. The Morgan fingerprint density at radius 1 is 1.50 bits per heavy atom. The van der Waals surface area contributed by atoms with E-state index >= 15 is 0 Å². The molecule has 0 saturated heterocycles.